The number of likely N-dealkylation sites (N-methyl/N-ethyl adjacent to an activating group) is 1. The third-order valence-electron chi connectivity index (χ3n) is 6.62. The van der Waals surface area contributed by atoms with Gasteiger partial charge in [0, 0.05) is 0 Å². The van der Waals surface area contributed by atoms with Crippen molar-refractivity contribution in [3.63, 3.8) is 0 Å². The number of benzene rings is 2. The van der Waals surface area contributed by atoms with Gasteiger partial charge in [-0.05, 0) is 0 Å². The van der Waals surface area contributed by atoms with Gasteiger partial charge in [-0.2, -0.15) is 0 Å². The summed E-state index contributed by atoms with van der Waals surface area (Å²) in [4.78, 5) is 0. The fraction of sp³-hybridized carbons (Fsp3) is 0.391. The summed E-state index contributed by atoms with van der Waals surface area (Å²) in [6, 6.07) is 21.4. The van der Waals surface area contributed by atoms with Crippen LogP contribution in [0.15, 0.2) is 72.0 Å². The van der Waals surface area contributed by atoms with Crippen molar-refractivity contribution in [2.75, 3.05) is 21.1 Å². The van der Waals surface area contributed by atoms with E-state index in [1.165, 1.54) is 16.7 Å². The molecule has 2 heterocycles. The van der Waals surface area contributed by atoms with E-state index in [0.717, 1.165) is 5.76 Å². The van der Waals surface area contributed by atoms with Crippen molar-refractivity contribution >= 4 is 7.36 Å². The van der Waals surface area contributed by atoms with Crippen molar-refractivity contribution in [2.45, 2.75) is 38.6 Å². The summed E-state index contributed by atoms with van der Waals surface area (Å²) in [5.74, 6) is 0.980. The molecule has 28 heavy (non-hydrogen) atoms. The third kappa shape index (κ3) is 2.39. The van der Waals surface area contributed by atoms with Crippen LogP contribution in [0.1, 0.15) is 43.7 Å². The number of nitrogens with zero attached hydrogens (tertiary/aromatic N) is 2. The van der Waals surface area contributed by atoms with Crippen LogP contribution in [-0.4, -0.2) is 36.5 Å². The molecule has 0 saturated carbocycles. The first kappa shape index (κ1) is 19.6. The van der Waals surface area contributed by atoms with Gasteiger partial charge < -0.3 is 0 Å². The van der Waals surface area contributed by atoms with Gasteiger partial charge >= 0.3 is 169 Å². The fourth-order valence-electron chi connectivity index (χ4n) is 4.95. The van der Waals surface area contributed by atoms with Crippen LogP contribution in [-0.2, 0) is 9.05 Å². The van der Waals surface area contributed by atoms with E-state index in [4.69, 9.17) is 9.05 Å². The first-order valence-electron chi connectivity index (χ1n) is 9.91. The molecule has 2 aliphatic heterocycles. The van der Waals surface area contributed by atoms with Crippen molar-refractivity contribution in [3.8, 4) is 0 Å². The van der Waals surface area contributed by atoms with Gasteiger partial charge in [0.05, 0.1) is 0 Å². The first-order chi connectivity index (χ1) is 13.3. The van der Waals surface area contributed by atoms with Crippen molar-refractivity contribution in [2.24, 2.45) is 0 Å². The molecule has 2 aromatic rings. The molecule has 1 fully saturated rings. The molecule has 4 nitrogen and oxygen atoms in total. The van der Waals surface area contributed by atoms with Gasteiger partial charge in [-0.3, -0.25) is 0 Å². The van der Waals surface area contributed by atoms with Crippen LogP contribution >= 0.6 is 7.36 Å². The zero-order valence-corrected chi connectivity index (χ0v) is 18.6. The zero-order valence-electron chi connectivity index (χ0n) is 17.7. The Bertz CT molecular complexity index is 901. The summed E-state index contributed by atoms with van der Waals surface area (Å²) in [5.41, 5.74) is 3.76. The van der Waals surface area contributed by atoms with E-state index in [2.05, 4.69) is 112 Å². The SMILES string of the molecule is CC1=C(C)C(c2ccccc2)P2(N(C)C)(O1)OC(c1ccccc1)C(C)N2C. The van der Waals surface area contributed by atoms with Crippen molar-refractivity contribution < 1.29 is 9.05 Å². The molecule has 0 radical (unpaired) electrons. The van der Waals surface area contributed by atoms with Crippen LogP contribution in [0.3, 0.4) is 0 Å². The molecule has 0 amide bonds. The number of allylic oxidation sites excluding steroid dienone is 2. The standard InChI is InChI=1S/C23H31N2O2P/c1-17-19(3)26-28(24(4)5,23(17)21-15-11-8-12-16-21)25(6)18(2)22(27-28)20-13-9-7-10-14-20/h7-16,18,22-23H,1-6H3. The Kier molecular flexibility index (Phi) is 4.67. The second-order valence-corrected chi connectivity index (χ2v) is 12.4. The zero-order chi connectivity index (χ0) is 20.1. The molecule has 2 aromatic carbocycles. The van der Waals surface area contributed by atoms with Gasteiger partial charge in [0.2, 0.25) is 0 Å². The molecule has 0 aliphatic carbocycles. The molecule has 1 spiro atoms. The van der Waals surface area contributed by atoms with Crippen molar-refractivity contribution in [1.29, 1.82) is 0 Å². The van der Waals surface area contributed by atoms with Crippen LogP contribution in [0.25, 0.3) is 0 Å². The third-order valence-corrected chi connectivity index (χ3v) is 12.4. The predicted molar refractivity (Wildman–Crippen MR) is 117 cm³/mol. The minimum absolute atomic E-state index is 0.0452. The molecule has 0 aromatic heterocycles. The van der Waals surface area contributed by atoms with Gasteiger partial charge in [0.15, 0.2) is 0 Å². The normalized spacial score (nSPS) is 30.4. The number of hydrogen-bond donors (Lipinski definition) is 0. The molecule has 2 aliphatic rings. The van der Waals surface area contributed by atoms with E-state index >= 15 is 0 Å². The average Bonchev–Trinajstić information content (AvgIpc) is 3.08. The molecular weight excluding hydrogens is 367 g/mol. The fourth-order valence-corrected chi connectivity index (χ4v) is 10.9. The summed E-state index contributed by atoms with van der Waals surface area (Å²) < 4.78 is 18.8. The number of hydrogen-bond acceptors (Lipinski definition) is 4. The second kappa shape index (κ2) is 6.67. The monoisotopic (exact) mass is 398 g/mol. The Morgan fingerprint density at radius 2 is 1.43 bits per heavy atom. The maximum absolute atomic E-state index is 7.20. The topological polar surface area (TPSA) is 24.9 Å². The quantitative estimate of drug-likeness (QED) is 0.599. The predicted octanol–water partition coefficient (Wildman–Crippen LogP) is 5.92. The molecule has 1 saturated heterocycles. The van der Waals surface area contributed by atoms with Gasteiger partial charge in [-0.1, -0.05) is 0 Å². The molecule has 3 atom stereocenters. The van der Waals surface area contributed by atoms with E-state index in [1.54, 1.807) is 0 Å². The van der Waals surface area contributed by atoms with E-state index in [9.17, 15) is 0 Å². The second-order valence-electron chi connectivity index (χ2n) is 8.17. The van der Waals surface area contributed by atoms with Crippen molar-refractivity contribution in [1.82, 2.24) is 9.34 Å². The Balaban J connectivity index is 1.94. The summed E-state index contributed by atoms with van der Waals surface area (Å²) in [6.45, 7) is 6.51. The average molecular weight is 398 g/mol. The van der Waals surface area contributed by atoms with Crippen LogP contribution in [0.4, 0.5) is 0 Å². The van der Waals surface area contributed by atoms with E-state index in [0.29, 0.717) is 0 Å². The minimum atomic E-state index is -3.42. The van der Waals surface area contributed by atoms with Crippen molar-refractivity contribution in [3.05, 3.63) is 83.1 Å². The van der Waals surface area contributed by atoms with Gasteiger partial charge in [0.25, 0.3) is 0 Å². The Labute approximate surface area is 169 Å². The summed E-state index contributed by atoms with van der Waals surface area (Å²) >= 11 is 0. The van der Waals surface area contributed by atoms with Gasteiger partial charge in [-0.15, -0.1) is 0 Å². The van der Waals surface area contributed by atoms with E-state index in [1.807, 2.05) is 0 Å². The Hall–Kier alpha value is -1.71. The van der Waals surface area contributed by atoms with Crippen LogP contribution < -0.4 is 0 Å². The molecule has 3 unspecified atom stereocenters. The summed E-state index contributed by atoms with van der Waals surface area (Å²) in [7, 11) is 2.96. The Morgan fingerprint density at radius 1 is 0.893 bits per heavy atom. The molecule has 5 heteroatoms. The Morgan fingerprint density at radius 3 is 1.96 bits per heavy atom. The van der Waals surface area contributed by atoms with E-state index < -0.39 is 7.36 Å². The summed E-state index contributed by atoms with van der Waals surface area (Å²) in [5, 5.41) is 0. The van der Waals surface area contributed by atoms with E-state index in [-0.39, 0.29) is 17.8 Å². The molecule has 0 N–H and O–H groups in total. The first-order valence-corrected chi connectivity index (χ1v) is 12.0. The molecule has 4 rings (SSSR count). The van der Waals surface area contributed by atoms with Crippen LogP contribution in [0, 0.1) is 0 Å². The molecule has 150 valence electrons. The van der Waals surface area contributed by atoms with Gasteiger partial charge in [-0.25, -0.2) is 0 Å². The summed E-state index contributed by atoms with van der Waals surface area (Å²) in [6.07, 6.45) is -0.0452. The maximum atomic E-state index is 7.20. The van der Waals surface area contributed by atoms with Gasteiger partial charge in [0.1, 0.15) is 0 Å². The van der Waals surface area contributed by atoms with Crippen LogP contribution in [0.2, 0.25) is 0 Å². The number of rotatable bonds is 3. The molecule has 0 bridgehead atoms. The molecular formula is C23H31N2O2P. The van der Waals surface area contributed by atoms with Crippen LogP contribution in [0.5, 0.6) is 0 Å².